The molecule has 0 aromatic heterocycles. The molecular weight excluding hydrogens is 196 g/mol. The van der Waals surface area contributed by atoms with Crippen molar-refractivity contribution < 1.29 is 4.79 Å². The first-order valence-corrected chi connectivity index (χ1v) is 6.40. The van der Waals surface area contributed by atoms with Crippen LogP contribution in [0.3, 0.4) is 0 Å². The Morgan fingerprint density at radius 3 is 2.56 bits per heavy atom. The SMILES string of the molecule is CCC(=O)C1CCCCC1c1ccccc1. The van der Waals surface area contributed by atoms with E-state index >= 15 is 0 Å². The van der Waals surface area contributed by atoms with Gasteiger partial charge >= 0.3 is 0 Å². The molecule has 0 N–H and O–H groups in total. The Morgan fingerprint density at radius 2 is 1.88 bits per heavy atom. The molecule has 0 amide bonds. The fourth-order valence-corrected chi connectivity index (χ4v) is 2.88. The molecule has 1 heteroatoms. The van der Waals surface area contributed by atoms with Crippen molar-refractivity contribution in [1.29, 1.82) is 0 Å². The van der Waals surface area contributed by atoms with Crippen LogP contribution in [0.5, 0.6) is 0 Å². The molecule has 1 aromatic carbocycles. The van der Waals surface area contributed by atoms with Crippen molar-refractivity contribution >= 4 is 5.78 Å². The van der Waals surface area contributed by atoms with Crippen molar-refractivity contribution in [2.75, 3.05) is 0 Å². The summed E-state index contributed by atoms with van der Waals surface area (Å²) in [5.74, 6) is 1.21. The van der Waals surface area contributed by atoms with Crippen molar-refractivity contribution in [2.45, 2.75) is 44.9 Å². The zero-order valence-corrected chi connectivity index (χ0v) is 9.99. The maximum absolute atomic E-state index is 12.0. The highest BCUT2D eigenvalue weighted by atomic mass is 16.1. The van der Waals surface area contributed by atoms with Gasteiger partial charge in [0.2, 0.25) is 0 Å². The predicted molar refractivity (Wildman–Crippen MR) is 66.4 cm³/mol. The number of hydrogen-bond acceptors (Lipinski definition) is 1. The summed E-state index contributed by atoms with van der Waals surface area (Å²) >= 11 is 0. The van der Waals surface area contributed by atoms with Gasteiger partial charge in [0.25, 0.3) is 0 Å². The van der Waals surface area contributed by atoms with Crippen LogP contribution in [0.15, 0.2) is 30.3 Å². The van der Waals surface area contributed by atoms with Gasteiger partial charge in [-0.15, -0.1) is 0 Å². The van der Waals surface area contributed by atoms with Crippen molar-refractivity contribution in [1.82, 2.24) is 0 Å². The second kappa shape index (κ2) is 5.29. The van der Waals surface area contributed by atoms with Gasteiger partial charge < -0.3 is 0 Å². The van der Waals surface area contributed by atoms with E-state index in [1.165, 1.54) is 24.8 Å². The van der Waals surface area contributed by atoms with Gasteiger partial charge in [0.15, 0.2) is 0 Å². The molecule has 1 aliphatic rings. The van der Waals surface area contributed by atoms with Gasteiger partial charge in [-0.1, -0.05) is 50.1 Å². The monoisotopic (exact) mass is 216 g/mol. The maximum Gasteiger partial charge on any atom is 0.136 e. The van der Waals surface area contributed by atoms with E-state index in [0.717, 1.165) is 6.42 Å². The zero-order valence-electron chi connectivity index (χ0n) is 9.99. The second-order valence-electron chi connectivity index (χ2n) is 4.73. The molecule has 1 nitrogen and oxygen atoms in total. The first-order chi connectivity index (χ1) is 7.83. The Balaban J connectivity index is 2.20. The molecule has 1 fully saturated rings. The highest BCUT2D eigenvalue weighted by molar-refractivity contribution is 5.81. The lowest BCUT2D eigenvalue weighted by Crippen LogP contribution is -2.25. The van der Waals surface area contributed by atoms with Crippen LogP contribution in [0.4, 0.5) is 0 Å². The zero-order chi connectivity index (χ0) is 11.4. The van der Waals surface area contributed by atoms with Crippen LogP contribution in [-0.2, 0) is 4.79 Å². The molecule has 0 bridgehead atoms. The first-order valence-electron chi connectivity index (χ1n) is 6.40. The van der Waals surface area contributed by atoms with Crippen molar-refractivity contribution in [2.24, 2.45) is 5.92 Å². The van der Waals surface area contributed by atoms with Gasteiger partial charge in [-0.2, -0.15) is 0 Å². The summed E-state index contributed by atoms with van der Waals surface area (Å²) in [6.45, 7) is 1.99. The van der Waals surface area contributed by atoms with Crippen molar-refractivity contribution in [3.05, 3.63) is 35.9 Å². The fourth-order valence-electron chi connectivity index (χ4n) is 2.88. The summed E-state index contributed by atoms with van der Waals surface area (Å²) in [5.41, 5.74) is 1.36. The summed E-state index contributed by atoms with van der Waals surface area (Å²) in [4.78, 5) is 12.0. The van der Waals surface area contributed by atoms with Crippen LogP contribution in [0.1, 0.15) is 50.5 Å². The fraction of sp³-hybridized carbons (Fsp3) is 0.533. The second-order valence-corrected chi connectivity index (χ2v) is 4.73. The number of carbonyl (C=O) groups is 1. The van der Waals surface area contributed by atoms with Crippen LogP contribution in [0.2, 0.25) is 0 Å². The summed E-state index contributed by atoms with van der Waals surface area (Å²) in [6.07, 6.45) is 5.45. The number of benzene rings is 1. The Morgan fingerprint density at radius 1 is 1.19 bits per heavy atom. The highest BCUT2D eigenvalue weighted by Crippen LogP contribution is 2.38. The molecule has 2 atom stereocenters. The molecule has 0 saturated heterocycles. The van der Waals surface area contributed by atoms with Crippen LogP contribution >= 0.6 is 0 Å². The summed E-state index contributed by atoms with van der Waals surface area (Å²) in [5, 5.41) is 0. The highest BCUT2D eigenvalue weighted by Gasteiger charge is 2.30. The molecule has 86 valence electrons. The third-order valence-electron chi connectivity index (χ3n) is 3.76. The molecular formula is C15H20O. The molecule has 0 radical (unpaired) electrons. The third kappa shape index (κ3) is 2.34. The number of ketones is 1. The number of Topliss-reactive ketones (excluding diaryl/α,β-unsaturated/α-hetero) is 1. The first kappa shape index (κ1) is 11.4. The van der Waals surface area contributed by atoms with E-state index in [1.807, 2.05) is 13.0 Å². The van der Waals surface area contributed by atoms with E-state index in [9.17, 15) is 4.79 Å². The lowest BCUT2D eigenvalue weighted by Gasteiger charge is -2.30. The maximum atomic E-state index is 12.0. The van der Waals surface area contributed by atoms with Gasteiger partial charge in [-0.25, -0.2) is 0 Å². The number of rotatable bonds is 3. The van der Waals surface area contributed by atoms with Crippen LogP contribution in [0, 0.1) is 5.92 Å². The molecule has 1 aliphatic carbocycles. The summed E-state index contributed by atoms with van der Waals surface area (Å²) in [7, 11) is 0. The van der Waals surface area contributed by atoms with Gasteiger partial charge in [-0.3, -0.25) is 4.79 Å². The van der Waals surface area contributed by atoms with Gasteiger partial charge in [-0.05, 0) is 24.3 Å². The van der Waals surface area contributed by atoms with E-state index in [1.54, 1.807) is 0 Å². The largest absolute Gasteiger partial charge is 0.299 e. The topological polar surface area (TPSA) is 17.1 Å². The normalized spacial score (nSPS) is 25.3. The van der Waals surface area contributed by atoms with Gasteiger partial charge in [0, 0.05) is 12.3 Å². The minimum atomic E-state index is 0.279. The molecule has 1 aromatic rings. The molecule has 0 aliphatic heterocycles. The molecule has 2 unspecified atom stereocenters. The van der Waals surface area contributed by atoms with Gasteiger partial charge in [0.05, 0.1) is 0 Å². The summed E-state index contributed by atoms with van der Waals surface area (Å²) in [6, 6.07) is 10.6. The standard InChI is InChI=1S/C15H20O/c1-2-15(16)14-11-7-6-10-13(14)12-8-4-3-5-9-12/h3-5,8-9,13-14H,2,6-7,10-11H2,1H3. The Bertz CT molecular complexity index is 342. The smallest absolute Gasteiger partial charge is 0.136 e. The van der Waals surface area contributed by atoms with Crippen LogP contribution in [0.25, 0.3) is 0 Å². The minimum absolute atomic E-state index is 0.279. The van der Waals surface area contributed by atoms with Crippen LogP contribution < -0.4 is 0 Å². The molecule has 1 saturated carbocycles. The Hall–Kier alpha value is -1.11. The molecule has 16 heavy (non-hydrogen) atoms. The van der Waals surface area contributed by atoms with Crippen LogP contribution in [-0.4, -0.2) is 5.78 Å². The summed E-state index contributed by atoms with van der Waals surface area (Å²) < 4.78 is 0. The van der Waals surface area contributed by atoms with E-state index in [-0.39, 0.29) is 5.92 Å². The lowest BCUT2D eigenvalue weighted by atomic mass is 9.73. The lowest BCUT2D eigenvalue weighted by molar-refractivity contribution is -0.124. The van der Waals surface area contributed by atoms with E-state index in [2.05, 4.69) is 24.3 Å². The molecule has 0 heterocycles. The minimum Gasteiger partial charge on any atom is -0.299 e. The average Bonchev–Trinajstić information content (AvgIpc) is 2.39. The Kier molecular flexibility index (Phi) is 3.76. The average molecular weight is 216 g/mol. The van der Waals surface area contributed by atoms with Gasteiger partial charge in [0.1, 0.15) is 5.78 Å². The van der Waals surface area contributed by atoms with E-state index in [0.29, 0.717) is 18.1 Å². The molecule has 2 rings (SSSR count). The number of hydrogen-bond donors (Lipinski definition) is 0. The number of carbonyl (C=O) groups excluding carboxylic acids is 1. The third-order valence-corrected chi connectivity index (χ3v) is 3.76. The van der Waals surface area contributed by atoms with Crippen molar-refractivity contribution in [3.63, 3.8) is 0 Å². The predicted octanol–water partition coefficient (Wildman–Crippen LogP) is 3.94. The van der Waals surface area contributed by atoms with E-state index in [4.69, 9.17) is 0 Å². The van der Waals surface area contributed by atoms with Crippen molar-refractivity contribution in [3.8, 4) is 0 Å². The van der Waals surface area contributed by atoms with E-state index < -0.39 is 0 Å². The Labute approximate surface area is 97.9 Å². The quantitative estimate of drug-likeness (QED) is 0.748. The molecule has 0 spiro atoms.